The minimum absolute atomic E-state index is 0.0274. The lowest BCUT2D eigenvalue weighted by atomic mass is 10.0. The summed E-state index contributed by atoms with van der Waals surface area (Å²) in [6.07, 6.45) is 3.81. The molecule has 2 atom stereocenters. The molecule has 1 N–H and O–H groups in total. The zero-order valence-corrected chi connectivity index (χ0v) is 18.7. The van der Waals surface area contributed by atoms with E-state index >= 15 is 0 Å². The molecule has 32 heavy (non-hydrogen) atoms. The quantitative estimate of drug-likeness (QED) is 0.667. The molecule has 2 aromatic carbocycles. The first-order valence-electron chi connectivity index (χ1n) is 11.1. The van der Waals surface area contributed by atoms with Crippen LogP contribution in [0.15, 0.2) is 71.4 Å². The summed E-state index contributed by atoms with van der Waals surface area (Å²) in [4.78, 5) is 20.0. The van der Waals surface area contributed by atoms with Gasteiger partial charge in [0.15, 0.2) is 6.10 Å². The molecular formula is C25H27N3O3S. The van der Waals surface area contributed by atoms with Crippen molar-refractivity contribution in [2.45, 2.75) is 24.2 Å². The molecule has 0 bridgehead atoms. The van der Waals surface area contributed by atoms with Crippen molar-refractivity contribution in [1.82, 2.24) is 10.2 Å². The van der Waals surface area contributed by atoms with Gasteiger partial charge in [-0.1, -0.05) is 59.8 Å². The highest BCUT2D eigenvalue weighted by Gasteiger charge is 2.30. The largest absolute Gasteiger partial charge is 0.489 e. The molecule has 0 saturated carbocycles. The van der Waals surface area contributed by atoms with Crippen LogP contribution in [0.5, 0.6) is 5.75 Å². The molecular weight excluding hydrogens is 422 g/mol. The summed E-state index contributed by atoms with van der Waals surface area (Å²) in [5.74, 6) is 1.90. The molecule has 0 spiro atoms. The van der Waals surface area contributed by atoms with Gasteiger partial charge in [-0.3, -0.25) is 0 Å². The van der Waals surface area contributed by atoms with Crippen molar-refractivity contribution < 1.29 is 14.4 Å². The Morgan fingerprint density at radius 1 is 1.19 bits per heavy atom. The van der Waals surface area contributed by atoms with Crippen LogP contribution in [-0.4, -0.2) is 60.0 Å². The zero-order valence-electron chi connectivity index (χ0n) is 17.9. The normalized spacial score (nSPS) is 21.9. The van der Waals surface area contributed by atoms with Gasteiger partial charge in [-0.15, -0.1) is 11.8 Å². The number of nitrogens with one attached hydrogen (secondary N) is 1. The number of urea groups is 1. The van der Waals surface area contributed by atoms with Gasteiger partial charge in [0.1, 0.15) is 12.4 Å². The summed E-state index contributed by atoms with van der Waals surface area (Å²) in [7, 11) is 0. The molecule has 6 nitrogen and oxygen atoms in total. The molecule has 7 heteroatoms. The smallest absolute Gasteiger partial charge is 0.318 e. The number of fused-ring (bicyclic) bond motifs is 1. The predicted molar refractivity (Wildman–Crippen MR) is 128 cm³/mol. The van der Waals surface area contributed by atoms with Crippen LogP contribution in [0.3, 0.4) is 0 Å². The SMILES string of the molecule is O=C(NCC1=NOC(COc2ccccc2-c2ccccc2)C1)N1CCC2SCC=C2C1. The number of piperidine rings is 1. The number of para-hydroxylation sites is 1. The molecule has 3 heterocycles. The number of ether oxygens (including phenoxy) is 1. The van der Waals surface area contributed by atoms with Crippen LogP contribution in [-0.2, 0) is 4.84 Å². The van der Waals surface area contributed by atoms with Gasteiger partial charge in [0.2, 0.25) is 0 Å². The predicted octanol–water partition coefficient (Wildman–Crippen LogP) is 4.33. The third kappa shape index (κ3) is 4.78. The van der Waals surface area contributed by atoms with Gasteiger partial charge in [0.05, 0.1) is 12.3 Å². The number of carbonyl (C=O) groups excluding carboxylic acids is 1. The van der Waals surface area contributed by atoms with E-state index in [0.717, 1.165) is 47.9 Å². The van der Waals surface area contributed by atoms with Gasteiger partial charge >= 0.3 is 6.03 Å². The summed E-state index contributed by atoms with van der Waals surface area (Å²) in [5.41, 5.74) is 4.41. The van der Waals surface area contributed by atoms with Crippen molar-refractivity contribution in [2.75, 3.05) is 32.0 Å². The second-order valence-electron chi connectivity index (χ2n) is 8.23. The van der Waals surface area contributed by atoms with Crippen LogP contribution in [0, 0.1) is 0 Å². The first kappa shape index (κ1) is 20.9. The van der Waals surface area contributed by atoms with Crippen molar-refractivity contribution in [3.05, 3.63) is 66.2 Å². The number of oxime groups is 1. The van der Waals surface area contributed by atoms with Crippen molar-refractivity contribution in [2.24, 2.45) is 5.16 Å². The molecule has 166 valence electrons. The highest BCUT2D eigenvalue weighted by atomic mass is 32.2. The number of amides is 2. The number of benzene rings is 2. The summed E-state index contributed by atoms with van der Waals surface area (Å²) in [6.45, 7) is 2.36. The van der Waals surface area contributed by atoms with Crippen LogP contribution in [0.1, 0.15) is 12.8 Å². The van der Waals surface area contributed by atoms with Crippen molar-refractivity contribution >= 4 is 23.5 Å². The fraction of sp³-hybridized carbons (Fsp3) is 0.360. The second kappa shape index (κ2) is 9.69. The van der Waals surface area contributed by atoms with Crippen molar-refractivity contribution in [3.8, 4) is 16.9 Å². The summed E-state index contributed by atoms with van der Waals surface area (Å²) >= 11 is 1.98. The molecule has 1 fully saturated rings. The lowest BCUT2D eigenvalue weighted by Crippen LogP contribution is -2.46. The van der Waals surface area contributed by atoms with E-state index in [2.05, 4.69) is 34.7 Å². The molecule has 0 radical (unpaired) electrons. The van der Waals surface area contributed by atoms with E-state index in [1.54, 1.807) is 0 Å². The maximum Gasteiger partial charge on any atom is 0.318 e. The average molecular weight is 450 g/mol. The molecule has 3 aliphatic rings. The molecule has 3 aliphatic heterocycles. The molecule has 5 rings (SSSR count). The van der Waals surface area contributed by atoms with Gasteiger partial charge in [-0.05, 0) is 23.6 Å². The van der Waals surface area contributed by atoms with Gasteiger partial charge in [-0.25, -0.2) is 4.79 Å². The third-order valence-electron chi connectivity index (χ3n) is 6.01. The van der Waals surface area contributed by atoms with Crippen LogP contribution in [0.2, 0.25) is 0 Å². The summed E-state index contributed by atoms with van der Waals surface area (Å²) < 4.78 is 6.08. The summed E-state index contributed by atoms with van der Waals surface area (Å²) in [6, 6.07) is 18.2. The Bertz CT molecular complexity index is 1020. The molecule has 2 amide bonds. The Kier molecular flexibility index (Phi) is 6.34. The number of likely N-dealkylation sites (tertiary alicyclic amines) is 1. The minimum atomic E-state index is -0.151. The van der Waals surface area contributed by atoms with E-state index in [1.807, 2.05) is 53.1 Å². The maximum absolute atomic E-state index is 12.6. The van der Waals surface area contributed by atoms with E-state index in [4.69, 9.17) is 9.57 Å². The molecule has 2 unspecified atom stereocenters. The fourth-order valence-corrected chi connectivity index (χ4v) is 5.49. The first-order chi connectivity index (χ1) is 15.8. The Morgan fingerprint density at radius 2 is 2.03 bits per heavy atom. The number of rotatable bonds is 6. The monoisotopic (exact) mass is 449 g/mol. The average Bonchev–Trinajstić information content (AvgIpc) is 3.51. The van der Waals surface area contributed by atoms with Gasteiger partial charge in [0.25, 0.3) is 0 Å². The summed E-state index contributed by atoms with van der Waals surface area (Å²) in [5, 5.41) is 7.78. The number of hydrogen-bond donors (Lipinski definition) is 1. The van der Waals surface area contributed by atoms with Crippen LogP contribution >= 0.6 is 11.8 Å². The van der Waals surface area contributed by atoms with E-state index in [0.29, 0.717) is 24.8 Å². The van der Waals surface area contributed by atoms with E-state index in [9.17, 15) is 4.79 Å². The van der Waals surface area contributed by atoms with E-state index in [1.165, 1.54) is 5.57 Å². The Balaban J connectivity index is 1.09. The van der Waals surface area contributed by atoms with Crippen LogP contribution in [0.25, 0.3) is 11.1 Å². The lowest BCUT2D eigenvalue weighted by molar-refractivity contribution is 0.0472. The maximum atomic E-state index is 12.6. The first-order valence-corrected chi connectivity index (χ1v) is 12.1. The molecule has 0 aromatic heterocycles. The molecule has 1 saturated heterocycles. The molecule has 2 aromatic rings. The topological polar surface area (TPSA) is 63.2 Å². The number of thioether (sulfide) groups is 1. The number of carbonyl (C=O) groups is 1. The van der Waals surface area contributed by atoms with Crippen molar-refractivity contribution in [3.63, 3.8) is 0 Å². The zero-order chi connectivity index (χ0) is 21.8. The Hall–Kier alpha value is -2.93. The Morgan fingerprint density at radius 3 is 2.94 bits per heavy atom. The van der Waals surface area contributed by atoms with Crippen LogP contribution < -0.4 is 10.1 Å². The highest BCUT2D eigenvalue weighted by Crippen LogP contribution is 2.33. The fourth-order valence-electron chi connectivity index (χ4n) is 4.29. The van der Waals surface area contributed by atoms with Gasteiger partial charge in [-0.2, -0.15) is 0 Å². The lowest BCUT2D eigenvalue weighted by Gasteiger charge is -2.31. The van der Waals surface area contributed by atoms with Crippen LogP contribution in [0.4, 0.5) is 4.79 Å². The highest BCUT2D eigenvalue weighted by molar-refractivity contribution is 8.00. The van der Waals surface area contributed by atoms with Crippen molar-refractivity contribution in [1.29, 1.82) is 0 Å². The van der Waals surface area contributed by atoms with E-state index in [-0.39, 0.29) is 12.1 Å². The number of hydrogen-bond acceptors (Lipinski definition) is 5. The van der Waals surface area contributed by atoms with Gasteiger partial charge < -0.3 is 19.8 Å². The Labute approximate surface area is 192 Å². The standard InChI is InChI=1S/C25H27N3O3S/c29-25(28-12-10-24-19(16-28)11-13-32-24)26-15-20-14-21(31-27-20)17-30-23-9-5-4-8-22(23)18-6-2-1-3-7-18/h1-9,11,21,24H,10,12-17H2,(H,26,29). The third-order valence-corrected chi connectivity index (χ3v) is 7.31. The second-order valence-corrected chi connectivity index (χ2v) is 9.47. The van der Waals surface area contributed by atoms with Gasteiger partial charge in [0, 0.05) is 36.1 Å². The number of nitrogens with zero attached hydrogens (tertiary/aromatic N) is 2. The minimum Gasteiger partial charge on any atom is -0.489 e. The van der Waals surface area contributed by atoms with E-state index < -0.39 is 0 Å². The molecule has 0 aliphatic carbocycles.